The third-order valence-electron chi connectivity index (χ3n) is 9.64. The lowest BCUT2D eigenvalue weighted by molar-refractivity contribution is -0.130. The molecule has 2 atom stereocenters. The molecule has 0 bridgehead atoms. The molecule has 7 N–H and O–H groups in total. The Labute approximate surface area is 291 Å². The lowest BCUT2D eigenvalue weighted by atomic mass is 9.81. The van der Waals surface area contributed by atoms with E-state index < -0.39 is 6.04 Å². The summed E-state index contributed by atoms with van der Waals surface area (Å²) in [6, 6.07) is 20.3. The number of hydrogen-bond acceptors (Lipinski definition) is 7. The minimum absolute atomic E-state index is 0.0620. The number of H-pyrrole nitrogens is 1. The highest BCUT2D eigenvalue weighted by atomic mass is 35.5. The van der Waals surface area contributed by atoms with E-state index in [1.807, 2.05) is 49.4 Å². The highest BCUT2D eigenvalue weighted by molar-refractivity contribution is 6.28. The lowest BCUT2D eigenvalue weighted by Gasteiger charge is -2.28. The van der Waals surface area contributed by atoms with Crippen LogP contribution in [0.3, 0.4) is 0 Å². The summed E-state index contributed by atoms with van der Waals surface area (Å²) in [6.45, 7) is 4.35. The van der Waals surface area contributed by atoms with E-state index in [-0.39, 0.29) is 35.0 Å². The van der Waals surface area contributed by atoms with Crippen LogP contribution in [0.2, 0.25) is 5.28 Å². The van der Waals surface area contributed by atoms with Gasteiger partial charge in [0.15, 0.2) is 5.82 Å². The Balaban J connectivity index is 1.14. The summed E-state index contributed by atoms with van der Waals surface area (Å²) >= 11 is 5.87. The van der Waals surface area contributed by atoms with Crippen LogP contribution >= 0.6 is 11.6 Å². The number of halogens is 1. The highest BCUT2D eigenvalue weighted by Crippen LogP contribution is 2.29. The maximum absolute atomic E-state index is 13.7. The number of carbonyl (C=O) groups is 3. The number of amides is 3. The number of benzene rings is 3. The first-order valence-corrected chi connectivity index (χ1v) is 17.3. The molecular formula is C37H43ClN8O3. The first-order valence-electron chi connectivity index (χ1n) is 17.0. The number of rotatable bonds is 11. The molecule has 1 aromatic heterocycles. The van der Waals surface area contributed by atoms with Crippen molar-refractivity contribution in [2.45, 2.75) is 57.5 Å². The molecule has 1 aliphatic carbocycles. The Morgan fingerprint density at radius 2 is 1.69 bits per heavy atom. The van der Waals surface area contributed by atoms with Crippen molar-refractivity contribution < 1.29 is 14.4 Å². The fraction of sp³-hybridized carbons (Fsp3) is 0.378. The van der Waals surface area contributed by atoms with E-state index in [1.54, 1.807) is 24.3 Å². The number of aryl methyl sites for hydroxylation is 1. The van der Waals surface area contributed by atoms with Crippen molar-refractivity contribution in [2.75, 3.05) is 25.0 Å². The van der Waals surface area contributed by atoms with Gasteiger partial charge < -0.3 is 27.0 Å². The van der Waals surface area contributed by atoms with Crippen LogP contribution in [0.1, 0.15) is 53.6 Å². The normalized spacial score (nSPS) is 19.6. The van der Waals surface area contributed by atoms with Crippen molar-refractivity contribution in [3.63, 3.8) is 0 Å². The molecule has 2 unspecified atom stereocenters. The first-order chi connectivity index (χ1) is 23.7. The fourth-order valence-corrected chi connectivity index (χ4v) is 6.82. The van der Waals surface area contributed by atoms with Gasteiger partial charge in [-0.3, -0.25) is 14.4 Å². The summed E-state index contributed by atoms with van der Waals surface area (Å²) in [7, 11) is 0. The van der Waals surface area contributed by atoms with Crippen molar-refractivity contribution in [3.8, 4) is 22.5 Å². The van der Waals surface area contributed by atoms with Gasteiger partial charge in [0.05, 0.1) is 0 Å². The molecule has 256 valence electrons. The molecule has 12 heteroatoms. The van der Waals surface area contributed by atoms with Gasteiger partial charge in [-0.05, 0) is 128 Å². The van der Waals surface area contributed by atoms with Crippen molar-refractivity contribution >= 4 is 35.0 Å². The van der Waals surface area contributed by atoms with Gasteiger partial charge in [0.1, 0.15) is 6.04 Å². The molecule has 49 heavy (non-hydrogen) atoms. The minimum atomic E-state index is -0.785. The van der Waals surface area contributed by atoms with E-state index in [2.05, 4.69) is 36.4 Å². The Morgan fingerprint density at radius 3 is 2.33 bits per heavy atom. The zero-order chi connectivity index (χ0) is 34.3. The van der Waals surface area contributed by atoms with Gasteiger partial charge in [-0.15, -0.1) is 0 Å². The number of nitrogens with two attached hydrogens (primary N) is 1. The molecule has 0 spiro atoms. The van der Waals surface area contributed by atoms with Gasteiger partial charge in [-0.25, -0.2) is 5.10 Å². The summed E-state index contributed by atoms with van der Waals surface area (Å²) in [6.07, 6.45) is 4.61. The van der Waals surface area contributed by atoms with E-state index in [9.17, 15) is 14.4 Å². The molecule has 0 radical (unpaired) electrons. The van der Waals surface area contributed by atoms with Crippen LogP contribution in [0.4, 0.5) is 5.69 Å². The minimum Gasteiger partial charge on any atom is -0.348 e. The Morgan fingerprint density at radius 1 is 0.959 bits per heavy atom. The van der Waals surface area contributed by atoms with Crippen LogP contribution < -0.4 is 27.0 Å². The Bertz CT molecular complexity index is 1760. The van der Waals surface area contributed by atoms with Gasteiger partial charge in [0.2, 0.25) is 17.1 Å². The van der Waals surface area contributed by atoms with E-state index in [4.69, 9.17) is 17.3 Å². The van der Waals surface area contributed by atoms with E-state index in [0.717, 1.165) is 73.0 Å². The fourth-order valence-electron chi connectivity index (χ4n) is 6.69. The number of carbonyl (C=O) groups excluding carboxylic acids is 3. The number of nitrogens with one attached hydrogen (secondary N) is 5. The van der Waals surface area contributed by atoms with Crippen molar-refractivity contribution in [1.82, 2.24) is 31.1 Å². The maximum atomic E-state index is 13.7. The summed E-state index contributed by atoms with van der Waals surface area (Å²) in [5.74, 6) is 0.287. The standard InChI is InChI=1S/C37H43ClN8O3/c1-22-18-28(35(48)42-30-16-17-40-21-30)12-15-31(22)25-6-2-23(3-7-25)19-32(43-34(47)27-8-4-24(20-39)5-9-27)36(49)41-29-13-10-26(11-14-29)33-44-37(38)46-45-33/h2-3,6-7,10-15,18,24,27,30,32,40H,4-5,8-9,16-17,19-21,39H2,1H3,(H,41,49)(H,42,48)(H,43,47)(H,44,45,46). The molecular weight excluding hydrogens is 640 g/mol. The van der Waals surface area contributed by atoms with Crippen LogP contribution in [0.15, 0.2) is 66.7 Å². The predicted molar refractivity (Wildman–Crippen MR) is 191 cm³/mol. The first kappa shape index (κ1) is 34.3. The van der Waals surface area contributed by atoms with Gasteiger partial charge in [0.25, 0.3) is 5.91 Å². The van der Waals surface area contributed by atoms with E-state index >= 15 is 0 Å². The topological polar surface area (TPSA) is 167 Å². The zero-order valence-electron chi connectivity index (χ0n) is 27.6. The molecule has 2 fully saturated rings. The summed E-state index contributed by atoms with van der Waals surface area (Å²) in [4.78, 5) is 44.0. The Hall–Kier alpha value is -4.58. The van der Waals surface area contributed by atoms with Gasteiger partial charge in [-0.1, -0.05) is 30.3 Å². The summed E-state index contributed by atoms with van der Waals surface area (Å²) in [5.41, 5.74) is 11.8. The number of hydrogen-bond donors (Lipinski definition) is 6. The van der Waals surface area contributed by atoms with Crippen molar-refractivity contribution in [2.24, 2.45) is 17.6 Å². The Kier molecular flexibility index (Phi) is 11.0. The summed E-state index contributed by atoms with van der Waals surface area (Å²) in [5, 5.41) is 19.3. The van der Waals surface area contributed by atoms with Crippen LogP contribution in [0, 0.1) is 18.8 Å². The average Bonchev–Trinajstić information content (AvgIpc) is 3.80. The van der Waals surface area contributed by atoms with E-state index in [0.29, 0.717) is 36.0 Å². The SMILES string of the molecule is Cc1cc(C(=O)NC2CCNC2)ccc1-c1ccc(CC(NC(=O)C2CCC(CN)CC2)C(=O)Nc2ccc(-c3n[nH]c(Cl)n3)cc2)cc1. The second kappa shape index (κ2) is 15.8. The molecule has 2 aliphatic rings. The molecule has 6 rings (SSSR count). The van der Waals surface area contributed by atoms with E-state index in [1.165, 1.54) is 0 Å². The van der Waals surface area contributed by atoms with Crippen molar-refractivity contribution in [1.29, 1.82) is 0 Å². The smallest absolute Gasteiger partial charge is 0.251 e. The molecule has 1 saturated heterocycles. The monoisotopic (exact) mass is 682 g/mol. The zero-order valence-corrected chi connectivity index (χ0v) is 28.4. The molecule has 2 heterocycles. The molecule has 3 amide bonds. The largest absolute Gasteiger partial charge is 0.348 e. The number of aromatic nitrogens is 3. The second-order valence-corrected chi connectivity index (χ2v) is 13.5. The maximum Gasteiger partial charge on any atom is 0.251 e. The third kappa shape index (κ3) is 8.72. The number of aromatic amines is 1. The summed E-state index contributed by atoms with van der Waals surface area (Å²) < 4.78 is 0. The molecule has 1 saturated carbocycles. The van der Waals surface area contributed by atoms with Crippen LogP contribution in [-0.2, 0) is 16.0 Å². The van der Waals surface area contributed by atoms with Gasteiger partial charge in [0, 0.05) is 41.7 Å². The van der Waals surface area contributed by atoms with Crippen LogP contribution in [-0.4, -0.2) is 64.6 Å². The molecule has 1 aliphatic heterocycles. The quantitative estimate of drug-likeness (QED) is 0.134. The second-order valence-electron chi connectivity index (χ2n) is 13.1. The van der Waals surface area contributed by atoms with Gasteiger partial charge in [-0.2, -0.15) is 10.1 Å². The highest BCUT2D eigenvalue weighted by Gasteiger charge is 2.29. The van der Waals surface area contributed by atoms with Crippen molar-refractivity contribution in [3.05, 3.63) is 88.7 Å². The van der Waals surface area contributed by atoms with Crippen LogP contribution in [0.25, 0.3) is 22.5 Å². The molecule has 3 aromatic carbocycles. The average molecular weight is 683 g/mol. The van der Waals surface area contributed by atoms with Crippen LogP contribution in [0.5, 0.6) is 0 Å². The predicted octanol–water partition coefficient (Wildman–Crippen LogP) is 4.62. The number of anilines is 1. The molecule has 4 aromatic rings. The lowest BCUT2D eigenvalue weighted by Crippen LogP contribution is -2.48. The van der Waals surface area contributed by atoms with Gasteiger partial charge >= 0.3 is 0 Å². The number of nitrogens with zero attached hydrogens (tertiary/aromatic N) is 2. The third-order valence-corrected chi connectivity index (χ3v) is 9.81. The molecule has 11 nitrogen and oxygen atoms in total.